The lowest BCUT2D eigenvalue weighted by Gasteiger charge is -2.29. The number of benzene rings is 1. The lowest BCUT2D eigenvalue weighted by Crippen LogP contribution is -2.37. The van der Waals surface area contributed by atoms with Gasteiger partial charge in [0.2, 0.25) is 0 Å². The van der Waals surface area contributed by atoms with Crippen LogP contribution in [-0.2, 0) is 9.53 Å². The second-order valence-electron chi connectivity index (χ2n) is 5.06. The van der Waals surface area contributed by atoms with Gasteiger partial charge in [-0.15, -0.1) is 0 Å². The fourth-order valence-corrected chi connectivity index (χ4v) is 2.35. The highest BCUT2D eigenvalue weighted by Gasteiger charge is 2.47. The highest BCUT2D eigenvalue weighted by Crippen LogP contribution is 2.40. The second kappa shape index (κ2) is 4.24. The quantitative estimate of drug-likeness (QED) is 0.785. The largest absolute Gasteiger partial charge is 0.348 e. The Bertz CT molecular complexity index is 413. The molecule has 2 atom stereocenters. The van der Waals surface area contributed by atoms with Crippen molar-refractivity contribution in [3.05, 3.63) is 35.9 Å². The first-order chi connectivity index (χ1) is 7.93. The van der Waals surface area contributed by atoms with Gasteiger partial charge in [-0.05, 0) is 33.4 Å². The molecule has 0 bridgehead atoms. The van der Waals surface area contributed by atoms with Crippen molar-refractivity contribution >= 4 is 5.78 Å². The van der Waals surface area contributed by atoms with E-state index in [0.29, 0.717) is 0 Å². The average Bonchev–Trinajstić information content (AvgIpc) is 2.52. The maximum absolute atomic E-state index is 11.7. The maximum Gasteiger partial charge on any atom is 0.160 e. The van der Waals surface area contributed by atoms with Gasteiger partial charge in [-0.25, -0.2) is 0 Å². The van der Waals surface area contributed by atoms with Gasteiger partial charge < -0.3 is 4.74 Å². The van der Waals surface area contributed by atoms with Gasteiger partial charge in [0.15, 0.2) is 5.78 Å². The molecule has 0 N–H and O–H groups in total. The van der Waals surface area contributed by atoms with Crippen LogP contribution in [-0.4, -0.2) is 29.6 Å². The molecule has 0 amide bonds. The number of ether oxygens (including phenoxy) is 1. The third-order valence-corrected chi connectivity index (χ3v) is 3.51. The van der Waals surface area contributed by atoms with Gasteiger partial charge in [-0.1, -0.05) is 30.3 Å². The summed E-state index contributed by atoms with van der Waals surface area (Å²) < 4.78 is 5.87. The number of likely N-dealkylation sites (N-methyl/N-ethyl adjacent to an activating group) is 1. The molecule has 1 heterocycles. The topological polar surface area (TPSA) is 29.5 Å². The van der Waals surface area contributed by atoms with Crippen molar-refractivity contribution in [2.75, 3.05) is 7.05 Å². The Kier molecular flexibility index (Phi) is 3.06. The van der Waals surface area contributed by atoms with Gasteiger partial charge in [0.25, 0.3) is 0 Å². The molecule has 92 valence electrons. The van der Waals surface area contributed by atoms with E-state index in [9.17, 15) is 4.79 Å². The zero-order valence-electron chi connectivity index (χ0n) is 10.8. The van der Waals surface area contributed by atoms with Crippen molar-refractivity contribution in [1.82, 2.24) is 4.90 Å². The van der Waals surface area contributed by atoms with Crippen molar-refractivity contribution in [3.63, 3.8) is 0 Å². The maximum atomic E-state index is 11.7. The van der Waals surface area contributed by atoms with Gasteiger partial charge in [0.05, 0.1) is 6.04 Å². The summed E-state index contributed by atoms with van der Waals surface area (Å²) in [7, 11) is 2.00. The number of hydrogen-bond donors (Lipinski definition) is 0. The summed E-state index contributed by atoms with van der Waals surface area (Å²) in [6, 6.07) is 10.1. The Labute approximate surface area is 102 Å². The molecule has 0 saturated carbocycles. The molecular weight excluding hydrogens is 214 g/mol. The minimum atomic E-state index is -0.406. The van der Waals surface area contributed by atoms with E-state index >= 15 is 0 Å². The predicted molar refractivity (Wildman–Crippen MR) is 66.6 cm³/mol. The summed E-state index contributed by atoms with van der Waals surface area (Å²) in [6.07, 6.45) is -0.377. The molecule has 1 saturated heterocycles. The first kappa shape index (κ1) is 12.3. The van der Waals surface area contributed by atoms with Crippen LogP contribution in [0.2, 0.25) is 0 Å². The molecule has 0 aliphatic carbocycles. The van der Waals surface area contributed by atoms with Crippen LogP contribution >= 0.6 is 0 Å². The summed E-state index contributed by atoms with van der Waals surface area (Å²) >= 11 is 0. The number of Topliss-reactive ketones (excluding diaryl/α,β-unsaturated/α-hetero) is 1. The molecule has 17 heavy (non-hydrogen) atoms. The smallest absolute Gasteiger partial charge is 0.160 e. The fraction of sp³-hybridized carbons (Fsp3) is 0.500. The Morgan fingerprint density at radius 3 is 2.41 bits per heavy atom. The zero-order valence-corrected chi connectivity index (χ0v) is 10.8. The lowest BCUT2D eigenvalue weighted by molar-refractivity contribution is -0.133. The minimum absolute atomic E-state index is 0.00343. The van der Waals surface area contributed by atoms with E-state index in [4.69, 9.17) is 4.74 Å². The highest BCUT2D eigenvalue weighted by atomic mass is 16.5. The second-order valence-corrected chi connectivity index (χ2v) is 5.06. The first-order valence-corrected chi connectivity index (χ1v) is 5.89. The number of rotatable bonds is 2. The summed E-state index contributed by atoms with van der Waals surface area (Å²) in [5, 5.41) is 0. The third-order valence-electron chi connectivity index (χ3n) is 3.51. The molecule has 3 nitrogen and oxygen atoms in total. The van der Waals surface area contributed by atoms with E-state index < -0.39 is 5.72 Å². The summed E-state index contributed by atoms with van der Waals surface area (Å²) in [6.45, 7) is 5.58. The van der Waals surface area contributed by atoms with Gasteiger partial charge in [0, 0.05) is 0 Å². The number of hydrogen-bond acceptors (Lipinski definition) is 3. The number of ketones is 1. The van der Waals surface area contributed by atoms with Crippen LogP contribution in [0, 0.1) is 0 Å². The summed E-state index contributed by atoms with van der Waals surface area (Å²) in [4.78, 5) is 13.8. The average molecular weight is 233 g/mol. The van der Waals surface area contributed by atoms with E-state index in [2.05, 4.69) is 4.90 Å². The standard InChI is InChI=1S/C14H19NO2/c1-10(16)13-12(11-8-6-5-7-9-11)15(4)14(2,3)17-13/h5-9,12-13H,1-4H3. The molecule has 1 aliphatic heterocycles. The molecule has 3 heteroatoms. The molecule has 1 aromatic rings. The Morgan fingerprint density at radius 1 is 1.29 bits per heavy atom. The van der Waals surface area contributed by atoms with Crippen molar-refractivity contribution in [2.45, 2.75) is 38.6 Å². The monoisotopic (exact) mass is 233 g/mol. The fourth-order valence-electron chi connectivity index (χ4n) is 2.35. The van der Waals surface area contributed by atoms with Crippen molar-refractivity contribution < 1.29 is 9.53 Å². The molecule has 2 rings (SSSR count). The summed E-state index contributed by atoms with van der Waals surface area (Å²) in [5.41, 5.74) is 0.720. The Hall–Kier alpha value is -1.19. The van der Waals surface area contributed by atoms with Crippen LogP contribution in [0.5, 0.6) is 0 Å². The molecule has 2 unspecified atom stereocenters. The third kappa shape index (κ3) is 2.13. The molecule has 0 spiro atoms. The van der Waals surface area contributed by atoms with Gasteiger partial charge in [-0.3, -0.25) is 9.69 Å². The van der Waals surface area contributed by atoms with Crippen molar-refractivity contribution in [2.24, 2.45) is 0 Å². The predicted octanol–water partition coefficient (Wildman–Crippen LogP) is 2.38. The van der Waals surface area contributed by atoms with Gasteiger partial charge in [0.1, 0.15) is 11.8 Å². The number of carbonyl (C=O) groups excluding carboxylic acids is 1. The number of carbonyl (C=O) groups is 1. The SMILES string of the molecule is CC(=O)C1OC(C)(C)N(C)C1c1ccccc1. The van der Waals surface area contributed by atoms with Gasteiger partial charge >= 0.3 is 0 Å². The first-order valence-electron chi connectivity index (χ1n) is 5.89. The van der Waals surface area contributed by atoms with Crippen LogP contribution in [0.4, 0.5) is 0 Å². The van der Waals surface area contributed by atoms with E-state index in [-0.39, 0.29) is 17.9 Å². The zero-order chi connectivity index (χ0) is 12.6. The molecule has 0 radical (unpaired) electrons. The normalized spacial score (nSPS) is 28.2. The van der Waals surface area contributed by atoms with Crippen LogP contribution in [0.25, 0.3) is 0 Å². The van der Waals surface area contributed by atoms with Crippen LogP contribution in [0.15, 0.2) is 30.3 Å². The van der Waals surface area contributed by atoms with E-state index in [1.54, 1.807) is 6.92 Å². The van der Waals surface area contributed by atoms with Crippen LogP contribution < -0.4 is 0 Å². The van der Waals surface area contributed by atoms with E-state index in [1.165, 1.54) is 0 Å². The highest BCUT2D eigenvalue weighted by molar-refractivity contribution is 5.82. The van der Waals surface area contributed by atoms with Crippen LogP contribution in [0.1, 0.15) is 32.4 Å². The lowest BCUT2D eigenvalue weighted by atomic mass is 9.98. The summed E-state index contributed by atoms with van der Waals surface area (Å²) in [5.74, 6) is 0.0799. The Morgan fingerprint density at radius 2 is 1.88 bits per heavy atom. The minimum Gasteiger partial charge on any atom is -0.348 e. The van der Waals surface area contributed by atoms with E-state index in [0.717, 1.165) is 5.56 Å². The molecule has 1 fully saturated rings. The number of nitrogens with zero attached hydrogens (tertiary/aromatic N) is 1. The Balaban J connectivity index is 2.39. The van der Waals surface area contributed by atoms with Crippen molar-refractivity contribution in [3.8, 4) is 0 Å². The molecular formula is C14H19NO2. The van der Waals surface area contributed by atoms with Crippen molar-refractivity contribution in [1.29, 1.82) is 0 Å². The van der Waals surface area contributed by atoms with E-state index in [1.807, 2.05) is 51.2 Å². The molecule has 1 aliphatic rings. The molecule has 0 aromatic heterocycles. The molecule has 1 aromatic carbocycles. The van der Waals surface area contributed by atoms with Gasteiger partial charge in [-0.2, -0.15) is 0 Å². The van der Waals surface area contributed by atoms with Crippen LogP contribution in [0.3, 0.4) is 0 Å².